The van der Waals surface area contributed by atoms with Crippen molar-refractivity contribution in [2.45, 2.75) is 12.8 Å². The van der Waals surface area contributed by atoms with Crippen LogP contribution in [0.25, 0.3) is 10.9 Å². The maximum absolute atomic E-state index is 12.6. The lowest BCUT2D eigenvalue weighted by molar-refractivity contribution is 0.0594. The van der Waals surface area contributed by atoms with Crippen molar-refractivity contribution in [3.05, 3.63) is 59.5 Å². The van der Waals surface area contributed by atoms with Crippen LogP contribution in [-0.4, -0.2) is 39.1 Å². The van der Waals surface area contributed by atoms with Crippen molar-refractivity contribution in [2.24, 2.45) is 0 Å². The Morgan fingerprint density at radius 2 is 2.14 bits per heavy atom. The second-order valence-electron chi connectivity index (χ2n) is 5.78. The van der Waals surface area contributed by atoms with E-state index >= 15 is 0 Å². The third-order valence-electron chi connectivity index (χ3n) is 4.20. The van der Waals surface area contributed by atoms with E-state index in [2.05, 4.69) is 15.2 Å². The minimum Gasteiger partial charge on any atom is -0.336 e. The second-order valence-corrected chi connectivity index (χ2v) is 5.78. The minimum absolute atomic E-state index is 0.0102. The number of aromatic nitrogens is 3. The van der Waals surface area contributed by atoms with Crippen molar-refractivity contribution in [1.29, 1.82) is 0 Å². The first kappa shape index (κ1) is 13.0. The smallest absolute Gasteiger partial charge is 0.275 e. The third-order valence-corrected chi connectivity index (χ3v) is 4.20. The number of benzene rings is 1. The van der Waals surface area contributed by atoms with Gasteiger partial charge in [0.15, 0.2) is 5.69 Å². The number of rotatable bonds is 2. The lowest BCUT2D eigenvalue weighted by Crippen LogP contribution is -2.48. The van der Waals surface area contributed by atoms with E-state index in [4.69, 9.17) is 0 Å². The monoisotopic (exact) mass is 292 g/mol. The molecule has 1 saturated heterocycles. The highest BCUT2D eigenvalue weighted by Crippen LogP contribution is 2.28. The summed E-state index contributed by atoms with van der Waals surface area (Å²) in [7, 11) is 0. The Hall–Kier alpha value is -2.69. The lowest BCUT2D eigenvalue weighted by atomic mass is 9.95. The molecule has 0 saturated carbocycles. The van der Waals surface area contributed by atoms with Crippen LogP contribution in [0.2, 0.25) is 0 Å². The molecule has 4 rings (SSSR count). The molecule has 5 heteroatoms. The van der Waals surface area contributed by atoms with E-state index in [-0.39, 0.29) is 5.91 Å². The van der Waals surface area contributed by atoms with Crippen LogP contribution < -0.4 is 0 Å². The van der Waals surface area contributed by atoms with E-state index in [0.29, 0.717) is 24.7 Å². The topological polar surface area (TPSA) is 61.9 Å². The molecule has 1 aliphatic heterocycles. The summed E-state index contributed by atoms with van der Waals surface area (Å²) in [6.07, 6.45) is 1.80. The van der Waals surface area contributed by atoms with Gasteiger partial charge in [-0.15, -0.1) is 0 Å². The number of amides is 1. The van der Waals surface area contributed by atoms with Crippen LogP contribution in [0.4, 0.5) is 0 Å². The number of H-pyrrole nitrogens is 1. The first-order chi connectivity index (χ1) is 10.7. The zero-order valence-corrected chi connectivity index (χ0v) is 12.3. The van der Waals surface area contributed by atoms with Crippen molar-refractivity contribution in [2.75, 3.05) is 13.1 Å². The molecule has 0 radical (unpaired) electrons. The molecular formula is C17H16N4O. The first-order valence-electron chi connectivity index (χ1n) is 7.37. The highest BCUT2D eigenvalue weighted by Gasteiger charge is 2.34. The normalized spacial score (nSPS) is 15.0. The Kier molecular flexibility index (Phi) is 2.92. The van der Waals surface area contributed by atoms with Crippen molar-refractivity contribution in [1.82, 2.24) is 20.1 Å². The Morgan fingerprint density at radius 3 is 2.91 bits per heavy atom. The van der Waals surface area contributed by atoms with Gasteiger partial charge in [0.05, 0.1) is 5.52 Å². The van der Waals surface area contributed by atoms with E-state index in [1.807, 2.05) is 48.2 Å². The van der Waals surface area contributed by atoms with Gasteiger partial charge in [-0.2, -0.15) is 5.10 Å². The molecule has 0 bridgehead atoms. The summed E-state index contributed by atoms with van der Waals surface area (Å²) in [5, 5.41) is 8.03. The number of likely N-dealkylation sites (tertiary alicyclic amines) is 1. The molecule has 0 atom stereocenters. The largest absolute Gasteiger partial charge is 0.336 e. The fraction of sp³-hybridized carbons (Fsp3) is 0.235. The molecule has 3 aromatic rings. The number of hydrogen-bond acceptors (Lipinski definition) is 3. The third kappa shape index (κ3) is 2.06. The van der Waals surface area contributed by atoms with Gasteiger partial charge in [-0.25, -0.2) is 0 Å². The van der Waals surface area contributed by atoms with Gasteiger partial charge in [0.1, 0.15) is 0 Å². The summed E-state index contributed by atoms with van der Waals surface area (Å²) in [4.78, 5) is 18.8. The van der Waals surface area contributed by atoms with Gasteiger partial charge < -0.3 is 4.90 Å². The van der Waals surface area contributed by atoms with Gasteiger partial charge in [-0.05, 0) is 31.2 Å². The van der Waals surface area contributed by atoms with E-state index < -0.39 is 0 Å². The molecule has 1 fully saturated rings. The van der Waals surface area contributed by atoms with E-state index in [9.17, 15) is 4.79 Å². The highest BCUT2D eigenvalue weighted by molar-refractivity contribution is 6.05. The van der Waals surface area contributed by atoms with E-state index in [0.717, 1.165) is 22.2 Å². The van der Waals surface area contributed by atoms with Gasteiger partial charge in [0.2, 0.25) is 0 Å². The van der Waals surface area contributed by atoms with Crippen LogP contribution in [0.1, 0.15) is 27.7 Å². The van der Waals surface area contributed by atoms with Crippen LogP contribution in [0.5, 0.6) is 0 Å². The molecule has 1 N–H and O–H groups in total. The lowest BCUT2D eigenvalue weighted by Gasteiger charge is -2.38. The molecule has 5 nitrogen and oxygen atoms in total. The predicted molar refractivity (Wildman–Crippen MR) is 83.7 cm³/mol. The Balaban J connectivity index is 1.54. The molecule has 1 amide bonds. The number of fused-ring (bicyclic) bond motifs is 1. The second kappa shape index (κ2) is 4.94. The molecule has 110 valence electrons. The van der Waals surface area contributed by atoms with Gasteiger partial charge in [0.25, 0.3) is 5.91 Å². The number of hydrogen-bond donors (Lipinski definition) is 1. The van der Waals surface area contributed by atoms with Crippen LogP contribution >= 0.6 is 0 Å². The molecule has 22 heavy (non-hydrogen) atoms. The fourth-order valence-electron chi connectivity index (χ4n) is 2.89. The molecule has 0 unspecified atom stereocenters. The first-order valence-corrected chi connectivity index (χ1v) is 7.37. The van der Waals surface area contributed by atoms with E-state index in [1.54, 1.807) is 6.20 Å². The maximum atomic E-state index is 12.6. The summed E-state index contributed by atoms with van der Waals surface area (Å²) in [5.74, 6) is 0.320. The van der Waals surface area contributed by atoms with Crippen LogP contribution in [0.15, 0.2) is 42.6 Å². The zero-order chi connectivity index (χ0) is 15.1. The van der Waals surface area contributed by atoms with Crippen molar-refractivity contribution >= 4 is 16.8 Å². The average Bonchev–Trinajstić information content (AvgIpc) is 2.89. The highest BCUT2D eigenvalue weighted by atomic mass is 16.2. The summed E-state index contributed by atoms with van der Waals surface area (Å²) in [5.41, 5.74) is 3.58. The minimum atomic E-state index is -0.0102. The molecule has 3 heterocycles. The summed E-state index contributed by atoms with van der Waals surface area (Å²) >= 11 is 0. The van der Waals surface area contributed by atoms with Crippen LogP contribution in [-0.2, 0) is 0 Å². The molecule has 0 aliphatic carbocycles. The summed E-state index contributed by atoms with van der Waals surface area (Å²) in [6, 6.07) is 11.9. The number of nitrogens with zero attached hydrogens (tertiary/aromatic N) is 3. The quantitative estimate of drug-likeness (QED) is 0.789. The van der Waals surface area contributed by atoms with Crippen LogP contribution in [0, 0.1) is 6.92 Å². The molecule has 1 aliphatic rings. The number of aryl methyl sites for hydroxylation is 1. The predicted octanol–water partition coefficient (Wildman–Crippen LogP) is 2.51. The van der Waals surface area contributed by atoms with Gasteiger partial charge in [-0.1, -0.05) is 17.7 Å². The van der Waals surface area contributed by atoms with Crippen LogP contribution in [0.3, 0.4) is 0 Å². The van der Waals surface area contributed by atoms with Gasteiger partial charge in [0, 0.05) is 36.3 Å². The number of carbonyl (C=O) groups is 1. The molecule has 0 spiro atoms. The molecule has 2 aromatic heterocycles. The summed E-state index contributed by atoms with van der Waals surface area (Å²) < 4.78 is 0. The zero-order valence-electron chi connectivity index (χ0n) is 12.3. The van der Waals surface area contributed by atoms with Crippen molar-refractivity contribution in [3.63, 3.8) is 0 Å². The number of carbonyl (C=O) groups excluding carboxylic acids is 1. The fourth-order valence-corrected chi connectivity index (χ4v) is 2.89. The molecular weight excluding hydrogens is 276 g/mol. The number of aromatic amines is 1. The number of nitrogens with one attached hydrogen (secondary N) is 1. The Bertz CT molecular complexity index is 834. The Labute approximate surface area is 128 Å². The number of pyridine rings is 1. The summed E-state index contributed by atoms with van der Waals surface area (Å²) in [6.45, 7) is 3.42. The average molecular weight is 292 g/mol. The van der Waals surface area contributed by atoms with Gasteiger partial charge in [-0.3, -0.25) is 14.9 Å². The van der Waals surface area contributed by atoms with Gasteiger partial charge >= 0.3 is 0 Å². The SMILES string of the molecule is Cc1ccc2[nH]nc(C(=O)N3CC(c4ccccn4)C3)c2c1. The standard InChI is InChI=1S/C17H16N4O/c1-11-5-6-15-13(8-11)16(20-19-15)17(22)21-9-12(10-21)14-4-2-3-7-18-14/h2-8,12H,9-10H2,1H3,(H,19,20). The Morgan fingerprint density at radius 1 is 1.27 bits per heavy atom. The van der Waals surface area contributed by atoms with Crippen molar-refractivity contribution in [3.8, 4) is 0 Å². The van der Waals surface area contributed by atoms with Crippen molar-refractivity contribution < 1.29 is 4.79 Å². The molecule has 1 aromatic carbocycles. The van der Waals surface area contributed by atoms with E-state index in [1.165, 1.54) is 0 Å². The maximum Gasteiger partial charge on any atom is 0.275 e.